The van der Waals surface area contributed by atoms with Crippen molar-refractivity contribution in [3.63, 3.8) is 0 Å². The summed E-state index contributed by atoms with van der Waals surface area (Å²) in [6, 6.07) is 4.11. The average Bonchev–Trinajstić information content (AvgIpc) is 2.91. The van der Waals surface area contributed by atoms with E-state index < -0.39 is 23.4 Å². The molecule has 1 fully saturated rings. The molecule has 0 aliphatic carbocycles. The van der Waals surface area contributed by atoms with Gasteiger partial charge < -0.3 is 19.9 Å². The minimum atomic E-state index is -4.45. The molecule has 3 amide bonds. The van der Waals surface area contributed by atoms with Crippen molar-refractivity contribution in [2.75, 3.05) is 32.7 Å². The molecule has 1 N–H and O–H groups in total. The number of nitrogens with one attached hydrogen (secondary N) is 1. The van der Waals surface area contributed by atoms with Crippen LogP contribution in [0.5, 0.6) is 0 Å². The van der Waals surface area contributed by atoms with Crippen molar-refractivity contribution in [1.82, 2.24) is 15.1 Å². The van der Waals surface area contributed by atoms with Crippen LogP contribution in [0.25, 0.3) is 0 Å². The molecule has 0 atom stereocenters. The van der Waals surface area contributed by atoms with Crippen LogP contribution in [0.3, 0.4) is 0 Å². The van der Waals surface area contributed by atoms with Crippen LogP contribution in [0.15, 0.2) is 24.3 Å². The molecular weight excluding hydrogens is 415 g/mol. The van der Waals surface area contributed by atoms with Crippen molar-refractivity contribution < 1.29 is 32.3 Å². The Labute approximate surface area is 179 Å². The van der Waals surface area contributed by atoms with Crippen LogP contribution >= 0.6 is 0 Å². The van der Waals surface area contributed by atoms with E-state index in [1.165, 1.54) is 17.0 Å². The van der Waals surface area contributed by atoms with Gasteiger partial charge in [0, 0.05) is 44.7 Å². The summed E-state index contributed by atoms with van der Waals surface area (Å²) in [7, 11) is 0. The van der Waals surface area contributed by atoms with Gasteiger partial charge in [0.2, 0.25) is 5.91 Å². The molecule has 1 heterocycles. The maximum atomic E-state index is 12.7. The van der Waals surface area contributed by atoms with Gasteiger partial charge in [0.05, 0.1) is 5.56 Å². The van der Waals surface area contributed by atoms with E-state index >= 15 is 0 Å². The highest BCUT2D eigenvalue weighted by Gasteiger charge is 2.30. The second-order valence-electron chi connectivity index (χ2n) is 8.28. The lowest BCUT2D eigenvalue weighted by molar-refractivity contribution is -0.137. The molecule has 0 radical (unpaired) electrons. The number of rotatable bonds is 4. The van der Waals surface area contributed by atoms with E-state index in [2.05, 4.69) is 5.32 Å². The lowest BCUT2D eigenvalue weighted by Gasteiger charge is -2.23. The number of benzene rings is 1. The number of hydrogen-bond acceptors (Lipinski definition) is 4. The first-order valence-corrected chi connectivity index (χ1v) is 10.1. The second kappa shape index (κ2) is 10.0. The summed E-state index contributed by atoms with van der Waals surface area (Å²) in [5.41, 5.74) is -1.26. The van der Waals surface area contributed by atoms with Crippen molar-refractivity contribution in [2.24, 2.45) is 0 Å². The van der Waals surface area contributed by atoms with Gasteiger partial charge in [0.25, 0.3) is 5.91 Å². The van der Waals surface area contributed by atoms with E-state index in [0.717, 1.165) is 12.1 Å². The fraction of sp³-hybridized carbons (Fsp3) is 0.571. The van der Waals surface area contributed by atoms with Crippen molar-refractivity contribution in [1.29, 1.82) is 0 Å². The first-order chi connectivity index (χ1) is 14.4. The van der Waals surface area contributed by atoms with Gasteiger partial charge in [-0.25, -0.2) is 4.79 Å². The number of carbonyl (C=O) groups excluding carboxylic acids is 3. The lowest BCUT2D eigenvalue weighted by Crippen LogP contribution is -2.39. The molecular formula is C21H28F3N3O4. The number of amides is 3. The molecule has 0 bridgehead atoms. The summed E-state index contributed by atoms with van der Waals surface area (Å²) < 4.78 is 43.2. The zero-order valence-corrected chi connectivity index (χ0v) is 17.9. The molecule has 7 nitrogen and oxygen atoms in total. The van der Waals surface area contributed by atoms with Crippen molar-refractivity contribution in [2.45, 2.75) is 45.4 Å². The molecule has 10 heteroatoms. The van der Waals surface area contributed by atoms with Crippen molar-refractivity contribution in [3.8, 4) is 0 Å². The van der Waals surface area contributed by atoms with Gasteiger partial charge in [-0.2, -0.15) is 13.2 Å². The van der Waals surface area contributed by atoms with Crippen LogP contribution in [-0.2, 0) is 15.7 Å². The van der Waals surface area contributed by atoms with Gasteiger partial charge >= 0.3 is 12.3 Å². The van der Waals surface area contributed by atoms with E-state index in [0.29, 0.717) is 26.1 Å². The molecule has 2 rings (SSSR count). The minimum Gasteiger partial charge on any atom is -0.444 e. The number of alkyl halides is 3. The van der Waals surface area contributed by atoms with Crippen LogP contribution in [0.4, 0.5) is 18.0 Å². The molecule has 1 saturated heterocycles. The molecule has 0 aromatic heterocycles. The van der Waals surface area contributed by atoms with Gasteiger partial charge in [-0.3, -0.25) is 9.59 Å². The fourth-order valence-electron chi connectivity index (χ4n) is 3.10. The molecule has 1 aromatic rings. The Kier molecular flexibility index (Phi) is 7.91. The molecule has 0 spiro atoms. The van der Waals surface area contributed by atoms with Crippen molar-refractivity contribution in [3.05, 3.63) is 35.4 Å². The zero-order chi connectivity index (χ0) is 23.2. The third-order valence-corrected chi connectivity index (χ3v) is 4.60. The second-order valence-corrected chi connectivity index (χ2v) is 8.28. The monoisotopic (exact) mass is 443 g/mol. The number of alkyl carbamates (subject to hydrolysis) is 1. The average molecular weight is 443 g/mol. The first-order valence-electron chi connectivity index (χ1n) is 10.1. The van der Waals surface area contributed by atoms with E-state index in [1.807, 2.05) is 0 Å². The molecule has 1 aliphatic heterocycles. The molecule has 172 valence electrons. The van der Waals surface area contributed by atoms with Crippen LogP contribution in [0, 0.1) is 0 Å². The van der Waals surface area contributed by atoms with E-state index in [4.69, 9.17) is 4.74 Å². The van der Waals surface area contributed by atoms with Crippen molar-refractivity contribution >= 4 is 17.9 Å². The third-order valence-electron chi connectivity index (χ3n) is 4.60. The largest absolute Gasteiger partial charge is 0.444 e. The van der Waals surface area contributed by atoms with Crippen LogP contribution in [0.2, 0.25) is 0 Å². The number of carbonyl (C=O) groups is 3. The Bertz CT molecular complexity index is 789. The summed E-state index contributed by atoms with van der Waals surface area (Å²) in [6.45, 7) is 6.83. The molecule has 1 aliphatic rings. The maximum absolute atomic E-state index is 12.7. The molecule has 31 heavy (non-hydrogen) atoms. The maximum Gasteiger partial charge on any atom is 0.416 e. The fourth-order valence-corrected chi connectivity index (χ4v) is 3.10. The topological polar surface area (TPSA) is 79.0 Å². The van der Waals surface area contributed by atoms with Gasteiger partial charge in [-0.05, 0) is 51.5 Å². The van der Waals surface area contributed by atoms with Gasteiger partial charge in [0.1, 0.15) is 5.60 Å². The Morgan fingerprint density at radius 1 is 0.968 bits per heavy atom. The Morgan fingerprint density at radius 3 is 2.13 bits per heavy atom. The normalized spacial score (nSPS) is 15.3. The third kappa shape index (κ3) is 7.76. The Morgan fingerprint density at radius 2 is 1.55 bits per heavy atom. The highest BCUT2D eigenvalue weighted by Crippen LogP contribution is 2.29. The van der Waals surface area contributed by atoms with Crippen LogP contribution in [0.1, 0.15) is 49.5 Å². The van der Waals surface area contributed by atoms with E-state index in [9.17, 15) is 27.6 Å². The summed E-state index contributed by atoms with van der Waals surface area (Å²) in [5.74, 6) is -0.519. The number of halogens is 3. The van der Waals surface area contributed by atoms with Crippen LogP contribution in [-0.4, -0.2) is 66.0 Å². The lowest BCUT2D eigenvalue weighted by atomic mass is 10.1. The summed E-state index contributed by atoms with van der Waals surface area (Å²) in [6.07, 6.45) is -4.39. The zero-order valence-electron chi connectivity index (χ0n) is 17.9. The quantitative estimate of drug-likeness (QED) is 0.775. The Balaban J connectivity index is 1.84. The summed E-state index contributed by atoms with van der Waals surface area (Å²) in [5, 5.41) is 2.54. The Hall–Kier alpha value is -2.78. The SMILES string of the molecule is CC(C)(C)OC(=O)NCCC(=O)N1CCCN(C(=O)c2ccc(C(F)(F)F)cc2)CC1. The van der Waals surface area contributed by atoms with E-state index in [-0.39, 0.29) is 36.9 Å². The van der Waals surface area contributed by atoms with Crippen LogP contribution < -0.4 is 5.32 Å². The smallest absolute Gasteiger partial charge is 0.416 e. The minimum absolute atomic E-state index is 0.103. The molecule has 1 aromatic carbocycles. The van der Waals surface area contributed by atoms with Gasteiger partial charge in [-0.15, -0.1) is 0 Å². The number of hydrogen-bond donors (Lipinski definition) is 1. The van der Waals surface area contributed by atoms with Gasteiger partial charge in [-0.1, -0.05) is 0 Å². The standard InChI is InChI=1S/C21H28F3N3O4/c1-20(2,3)31-19(30)25-10-9-17(28)26-11-4-12-27(14-13-26)18(29)15-5-7-16(8-6-15)21(22,23)24/h5-8H,4,9-14H2,1-3H3,(H,25,30). The highest BCUT2D eigenvalue weighted by atomic mass is 19.4. The molecule has 0 unspecified atom stereocenters. The number of ether oxygens (including phenoxy) is 1. The predicted molar refractivity (Wildman–Crippen MR) is 107 cm³/mol. The number of nitrogens with zero attached hydrogens (tertiary/aromatic N) is 2. The summed E-state index contributed by atoms with van der Waals surface area (Å²) >= 11 is 0. The first kappa shape index (κ1) is 24.5. The molecule has 0 saturated carbocycles. The van der Waals surface area contributed by atoms with E-state index in [1.54, 1.807) is 25.7 Å². The predicted octanol–water partition coefficient (Wildman–Crippen LogP) is 3.29. The summed E-state index contributed by atoms with van der Waals surface area (Å²) in [4.78, 5) is 39.8. The highest BCUT2D eigenvalue weighted by molar-refractivity contribution is 5.94. The van der Waals surface area contributed by atoms with Gasteiger partial charge in [0.15, 0.2) is 0 Å².